The molecule has 3 rings (SSSR count). The first-order chi connectivity index (χ1) is 9.88. The van der Waals surface area contributed by atoms with E-state index in [2.05, 4.69) is 5.32 Å². The van der Waals surface area contributed by atoms with Gasteiger partial charge in [-0.15, -0.1) is 0 Å². The standard InChI is InChI=1S/C14H15Cl2NO3S/c15-10-2-1-3-11(21(16,19)20)12(10)14(18)17-13(8-4-5-8)9-6-7-9/h1-3,8-9,13H,4-7H2,(H,17,18). The molecule has 114 valence electrons. The number of carbonyl (C=O) groups excluding carboxylic acids is 1. The smallest absolute Gasteiger partial charge is 0.262 e. The molecule has 0 saturated heterocycles. The summed E-state index contributed by atoms with van der Waals surface area (Å²) in [6, 6.07) is 4.38. The summed E-state index contributed by atoms with van der Waals surface area (Å²) in [5.41, 5.74) is -0.0551. The normalized spacial score (nSPS) is 18.8. The van der Waals surface area contributed by atoms with Crippen molar-refractivity contribution in [2.24, 2.45) is 11.8 Å². The second-order valence-electron chi connectivity index (χ2n) is 5.72. The molecule has 1 aromatic carbocycles. The summed E-state index contributed by atoms with van der Waals surface area (Å²) in [5.74, 6) is 0.573. The van der Waals surface area contributed by atoms with Crippen LogP contribution in [0.15, 0.2) is 23.1 Å². The fraction of sp³-hybridized carbons (Fsp3) is 0.500. The maximum atomic E-state index is 12.5. The number of amides is 1. The summed E-state index contributed by atoms with van der Waals surface area (Å²) >= 11 is 6.02. The molecule has 1 N–H and O–H groups in total. The Morgan fingerprint density at radius 1 is 1.19 bits per heavy atom. The fourth-order valence-electron chi connectivity index (χ4n) is 2.68. The zero-order valence-electron chi connectivity index (χ0n) is 11.2. The lowest BCUT2D eigenvalue weighted by atomic mass is 10.1. The third-order valence-corrected chi connectivity index (χ3v) is 5.70. The third-order valence-electron chi connectivity index (χ3n) is 4.02. The van der Waals surface area contributed by atoms with Crippen LogP contribution in [0, 0.1) is 11.8 Å². The van der Waals surface area contributed by atoms with Gasteiger partial charge in [0.15, 0.2) is 0 Å². The van der Waals surface area contributed by atoms with Crippen molar-refractivity contribution in [1.82, 2.24) is 5.32 Å². The van der Waals surface area contributed by atoms with Gasteiger partial charge in [0.05, 0.1) is 15.5 Å². The van der Waals surface area contributed by atoms with Crippen LogP contribution in [0.25, 0.3) is 0 Å². The Balaban J connectivity index is 1.90. The van der Waals surface area contributed by atoms with E-state index in [-0.39, 0.29) is 21.5 Å². The molecule has 2 fully saturated rings. The predicted molar refractivity (Wildman–Crippen MR) is 81.2 cm³/mol. The maximum absolute atomic E-state index is 12.5. The van der Waals surface area contributed by atoms with Gasteiger partial charge in [-0.3, -0.25) is 4.79 Å². The van der Waals surface area contributed by atoms with Gasteiger partial charge in [-0.05, 0) is 49.7 Å². The summed E-state index contributed by atoms with van der Waals surface area (Å²) < 4.78 is 23.2. The van der Waals surface area contributed by atoms with Gasteiger partial charge < -0.3 is 5.32 Å². The van der Waals surface area contributed by atoms with E-state index in [9.17, 15) is 13.2 Å². The largest absolute Gasteiger partial charge is 0.349 e. The lowest BCUT2D eigenvalue weighted by Crippen LogP contribution is -2.38. The Kier molecular flexibility index (Phi) is 3.93. The van der Waals surface area contributed by atoms with Gasteiger partial charge >= 0.3 is 0 Å². The summed E-state index contributed by atoms with van der Waals surface area (Å²) in [7, 11) is 1.38. The monoisotopic (exact) mass is 347 g/mol. The van der Waals surface area contributed by atoms with E-state index in [4.69, 9.17) is 22.3 Å². The summed E-state index contributed by atoms with van der Waals surface area (Å²) in [4.78, 5) is 12.3. The first-order valence-electron chi connectivity index (χ1n) is 6.92. The van der Waals surface area contributed by atoms with E-state index in [1.54, 1.807) is 0 Å². The van der Waals surface area contributed by atoms with Crippen molar-refractivity contribution in [3.63, 3.8) is 0 Å². The quantitative estimate of drug-likeness (QED) is 0.832. The number of carbonyl (C=O) groups is 1. The van der Waals surface area contributed by atoms with Gasteiger partial charge in [-0.2, -0.15) is 0 Å². The fourth-order valence-corrected chi connectivity index (χ4v) is 4.07. The number of benzene rings is 1. The van der Waals surface area contributed by atoms with E-state index in [1.807, 2.05) is 0 Å². The Morgan fingerprint density at radius 3 is 2.24 bits per heavy atom. The Bertz CT molecular complexity index is 669. The summed E-state index contributed by atoms with van der Waals surface area (Å²) in [6.07, 6.45) is 4.46. The van der Waals surface area contributed by atoms with Crippen molar-refractivity contribution >= 4 is 37.2 Å². The number of nitrogens with one attached hydrogen (secondary N) is 1. The van der Waals surface area contributed by atoms with Crippen LogP contribution in [0.4, 0.5) is 0 Å². The minimum atomic E-state index is -4.02. The van der Waals surface area contributed by atoms with Crippen molar-refractivity contribution in [1.29, 1.82) is 0 Å². The molecule has 0 unspecified atom stereocenters. The van der Waals surface area contributed by atoms with E-state index in [1.165, 1.54) is 18.2 Å². The molecule has 0 aliphatic heterocycles. The third kappa shape index (κ3) is 3.35. The van der Waals surface area contributed by atoms with Gasteiger partial charge in [-0.1, -0.05) is 17.7 Å². The minimum Gasteiger partial charge on any atom is -0.349 e. The zero-order chi connectivity index (χ0) is 15.2. The first kappa shape index (κ1) is 15.1. The molecule has 2 aliphatic carbocycles. The second-order valence-corrected chi connectivity index (χ2v) is 8.67. The average molecular weight is 348 g/mol. The molecular weight excluding hydrogens is 333 g/mol. The Labute approximate surface area is 133 Å². The lowest BCUT2D eigenvalue weighted by Gasteiger charge is -2.19. The average Bonchev–Trinajstić information content (AvgIpc) is 3.27. The molecule has 1 aromatic rings. The van der Waals surface area contributed by atoms with Gasteiger partial charge in [0.25, 0.3) is 15.0 Å². The molecule has 0 spiro atoms. The molecule has 0 radical (unpaired) electrons. The van der Waals surface area contributed by atoms with Crippen molar-refractivity contribution in [2.45, 2.75) is 36.6 Å². The van der Waals surface area contributed by atoms with Gasteiger partial charge in [0, 0.05) is 16.7 Å². The highest BCUT2D eigenvalue weighted by Gasteiger charge is 2.42. The second kappa shape index (κ2) is 5.45. The van der Waals surface area contributed by atoms with Crippen LogP contribution in [0.3, 0.4) is 0 Å². The maximum Gasteiger partial charge on any atom is 0.262 e. The van der Waals surface area contributed by atoms with Crippen molar-refractivity contribution < 1.29 is 13.2 Å². The van der Waals surface area contributed by atoms with Crippen molar-refractivity contribution in [3.05, 3.63) is 28.8 Å². The highest BCUT2D eigenvalue weighted by atomic mass is 35.7. The van der Waals surface area contributed by atoms with Gasteiger partial charge in [0.2, 0.25) is 0 Å². The molecule has 2 saturated carbocycles. The molecule has 1 amide bonds. The topological polar surface area (TPSA) is 63.2 Å². The van der Waals surface area contributed by atoms with Crippen LogP contribution in [0.5, 0.6) is 0 Å². The highest BCUT2D eigenvalue weighted by molar-refractivity contribution is 8.13. The Morgan fingerprint density at radius 2 is 1.76 bits per heavy atom. The minimum absolute atomic E-state index is 0.0551. The number of halogens is 2. The summed E-state index contributed by atoms with van der Waals surface area (Å²) in [6.45, 7) is 0. The van der Waals surface area contributed by atoms with Crippen molar-refractivity contribution in [3.8, 4) is 0 Å². The lowest BCUT2D eigenvalue weighted by molar-refractivity contribution is 0.0923. The van der Waals surface area contributed by atoms with Crippen LogP contribution < -0.4 is 5.32 Å². The molecule has 0 heterocycles. The zero-order valence-corrected chi connectivity index (χ0v) is 13.5. The molecule has 0 atom stereocenters. The van der Waals surface area contributed by atoms with Crippen LogP contribution in [-0.4, -0.2) is 20.4 Å². The number of hydrogen-bond acceptors (Lipinski definition) is 3. The highest BCUT2D eigenvalue weighted by Crippen LogP contribution is 2.44. The number of hydrogen-bond donors (Lipinski definition) is 1. The van der Waals surface area contributed by atoms with E-state index in [0.29, 0.717) is 11.8 Å². The van der Waals surface area contributed by atoms with Gasteiger partial charge in [0.1, 0.15) is 0 Å². The van der Waals surface area contributed by atoms with E-state index >= 15 is 0 Å². The molecular formula is C14H15Cl2NO3S. The van der Waals surface area contributed by atoms with Crippen LogP contribution in [0.1, 0.15) is 36.0 Å². The van der Waals surface area contributed by atoms with Gasteiger partial charge in [-0.25, -0.2) is 8.42 Å². The molecule has 0 aromatic heterocycles. The van der Waals surface area contributed by atoms with E-state index < -0.39 is 15.0 Å². The Hall–Kier alpha value is -0.780. The van der Waals surface area contributed by atoms with Crippen LogP contribution in [-0.2, 0) is 9.05 Å². The number of rotatable bonds is 5. The SMILES string of the molecule is O=C(NC(C1CC1)C1CC1)c1c(Cl)cccc1S(=O)(=O)Cl. The van der Waals surface area contributed by atoms with Crippen LogP contribution in [0.2, 0.25) is 5.02 Å². The van der Waals surface area contributed by atoms with E-state index in [0.717, 1.165) is 25.7 Å². The van der Waals surface area contributed by atoms with Crippen LogP contribution >= 0.6 is 22.3 Å². The molecule has 0 bridgehead atoms. The summed E-state index contributed by atoms with van der Waals surface area (Å²) in [5, 5.41) is 3.06. The molecule has 21 heavy (non-hydrogen) atoms. The molecule has 7 heteroatoms. The first-order valence-corrected chi connectivity index (χ1v) is 9.60. The molecule has 4 nitrogen and oxygen atoms in total. The van der Waals surface area contributed by atoms with Crippen molar-refractivity contribution in [2.75, 3.05) is 0 Å². The predicted octanol–water partition coefficient (Wildman–Crippen LogP) is 3.19. The molecule has 2 aliphatic rings.